The van der Waals surface area contributed by atoms with Crippen molar-refractivity contribution in [2.24, 2.45) is 0 Å². The molecule has 0 saturated carbocycles. The van der Waals surface area contributed by atoms with Gasteiger partial charge in [0.05, 0.1) is 0 Å². The van der Waals surface area contributed by atoms with Gasteiger partial charge in [0.15, 0.2) is 0 Å². The molecule has 1 heteroatoms. The van der Waals surface area contributed by atoms with Gasteiger partial charge in [-0.1, -0.05) is 166 Å². The molecule has 10 aromatic rings. The molecule has 0 unspecified atom stereocenters. The Morgan fingerprint density at radius 2 is 0.846 bits per heavy atom. The van der Waals surface area contributed by atoms with Crippen LogP contribution in [0.2, 0.25) is 0 Å². The van der Waals surface area contributed by atoms with Gasteiger partial charge in [-0.25, -0.2) is 0 Å². The zero-order valence-corrected chi connectivity index (χ0v) is 29.9. The SMILES string of the molecule is CC1(C)c2ccccc2-c2cc3sc4cc(-c5ccc(-c6c7ccccc7c(-c7ccccc7)c7ccccc67)cc5)c5ccccc5c4c3cc21. The lowest BCUT2D eigenvalue weighted by atomic mass is 9.82. The van der Waals surface area contributed by atoms with Gasteiger partial charge in [0, 0.05) is 25.6 Å². The molecule has 0 spiro atoms. The van der Waals surface area contributed by atoms with Crippen LogP contribution in [0.1, 0.15) is 25.0 Å². The molecule has 0 radical (unpaired) electrons. The molecule has 1 aromatic heterocycles. The summed E-state index contributed by atoms with van der Waals surface area (Å²) in [5.74, 6) is 0. The maximum absolute atomic E-state index is 2.50. The molecule has 9 aromatic carbocycles. The molecule has 0 saturated heterocycles. The number of hydrogen-bond acceptors (Lipinski definition) is 1. The number of rotatable bonds is 3. The lowest BCUT2D eigenvalue weighted by Crippen LogP contribution is -2.14. The van der Waals surface area contributed by atoms with Crippen molar-refractivity contribution in [2.45, 2.75) is 19.3 Å². The molecule has 1 aliphatic rings. The Balaban J connectivity index is 1.10. The van der Waals surface area contributed by atoms with E-state index in [2.05, 4.69) is 184 Å². The van der Waals surface area contributed by atoms with E-state index in [9.17, 15) is 0 Å². The number of fused-ring (bicyclic) bond motifs is 10. The molecular formula is C51H34S. The maximum Gasteiger partial charge on any atom is 0.0368 e. The first-order valence-corrected chi connectivity index (χ1v) is 19.0. The minimum atomic E-state index is -0.0234. The van der Waals surface area contributed by atoms with Crippen LogP contribution in [0, 0.1) is 0 Å². The van der Waals surface area contributed by atoms with E-state index >= 15 is 0 Å². The van der Waals surface area contributed by atoms with Crippen molar-refractivity contribution in [1.29, 1.82) is 0 Å². The van der Waals surface area contributed by atoms with Crippen molar-refractivity contribution in [1.82, 2.24) is 0 Å². The second-order valence-corrected chi connectivity index (χ2v) is 15.9. The van der Waals surface area contributed by atoms with Crippen molar-refractivity contribution < 1.29 is 0 Å². The first-order chi connectivity index (χ1) is 25.6. The number of hydrogen-bond donors (Lipinski definition) is 0. The molecule has 1 aliphatic carbocycles. The van der Waals surface area contributed by atoms with Gasteiger partial charge in [0.25, 0.3) is 0 Å². The van der Waals surface area contributed by atoms with Gasteiger partial charge in [-0.3, -0.25) is 0 Å². The number of thiophene rings is 1. The van der Waals surface area contributed by atoms with Gasteiger partial charge in [-0.2, -0.15) is 0 Å². The van der Waals surface area contributed by atoms with Gasteiger partial charge in [0.1, 0.15) is 0 Å². The van der Waals surface area contributed by atoms with Crippen molar-refractivity contribution in [3.8, 4) is 44.5 Å². The summed E-state index contributed by atoms with van der Waals surface area (Å²) in [7, 11) is 0. The Bertz CT molecular complexity index is 3010. The summed E-state index contributed by atoms with van der Waals surface area (Å²) < 4.78 is 2.70. The van der Waals surface area contributed by atoms with Gasteiger partial charge in [-0.15, -0.1) is 11.3 Å². The van der Waals surface area contributed by atoms with Crippen LogP contribution in [0.15, 0.2) is 170 Å². The fraction of sp³-hybridized carbons (Fsp3) is 0.0588. The normalized spacial score (nSPS) is 13.3. The summed E-state index contributed by atoms with van der Waals surface area (Å²) >= 11 is 1.93. The Kier molecular flexibility index (Phi) is 6.27. The smallest absolute Gasteiger partial charge is 0.0368 e. The van der Waals surface area contributed by atoms with E-state index in [0.717, 1.165) is 0 Å². The maximum atomic E-state index is 2.50. The second-order valence-electron chi connectivity index (χ2n) is 14.8. The molecule has 1 heterocycles. The summed E-state index contributed by atoms with van der Waals surface area (Å²) in [6, 6.07) is 63.3. The highest BCUT2D eigenvalue weighted by Crippen LogP contribution is 2.53. The fourth-order valence-corrected chi connectivity index (χ4v) is 10.4. The van der Waals surface area contributed by atoms with Crippen LogP contribution in [0.25, 0.3) is 97.0 Å². The highest BCUT2D eigenvalue weighted by Gasteiger charge is 2.35. The summed E-state index contributed by atoms with van der Waals surface area (Å²) in [6.07, 6.45) is 0. The van der Waals surface area contributed by atoms with Crippen molar-refractivity contribution >= 4 is 63.8 Å². The number of benzene rings is 9. The molecule has 0 bridgehead atoms. The first-order valence-electron chi connectivity index (χ1n) is 18.2. The van der Waals surface area contributed by atoms with E-state index in [1.807, 2.05) is 11.3 Å². The topological polar surface area (TPSA) is 0 Å². The molecule has 0 N–H and O–H groups in total. The summed E-state index contributed by atoms with van der Waals surface area (Å²) in [5, 5.41) is 10.5. The Labute approximate surface area is 307 Å². The Morgan fingerprint density at radius 1 is 0.346 bits per heavy atom. The van der Waals surface area contributed by atoms with E-state index in [-0.39, 0.29) is 5.41 Å². The van der Waals surface area contributed by atoms with E-state index in [0.29, 0.717) is 0 Å². The molecule has 244 valence electrons. The predicted octanol–water partition coefficient (Wildman–Crippen LogP) is 14.8. The van der Waals surface area contributed by atoms with Gasteiger partial charge in [0.2, 0.25) is 0 Å². The zero-order valence-electron chi connectivity index (χ0n) is 29.1. The van der Waals surface area contributed by atoms with Crippen LogP contribution < -0.4 is 0 Å². The fourth-order valence-electron chi connectivity index (χ4n) is 9.24. The third-order valence-electron chi connectivity index (χ3n) is 11.7. The van der Waals surface area contributed by atoms with Crippen LogP contribution >= 0.6 is 11.3 Å². The average molecular weight is 679 g/mol. The Hall–Kier alpha value is -6.02. The highest BCUT2D eigenvalue weighted by molar-refractivity contribution is 7.26. The molecule has 11 rings (SSSR count). The summed E-state index contributed by atoms with van der Waals surface area (Å²) in [4.78, 5) is 0. The van der Waals surface area contributed by atoms with E-state index in [1.54, 1.807) is 0 Å². The molecular weight excluding hydrogens is 645 g/mol. The third kappa shape index (κ3) is 4.15. The van der Waals surface area contributed by atoms with Gasteiger partial charge < -0.3 is 0 Å². The van der Waals surface area contributed by atoms with Gasteiger partial charge >= 0.3 is 0 Å². The van der Waals surface area contributed by atoms with Crippen LogP contribution in [0.3, 0.4) is 0 Å². The Morgan fingerprint density at radius 3 is 1.50 bits per heavy atom. The minimum Gasteiger partial charge on any atom is -0.135 e. The van der Waals surface area contributed by atoms with Crippen LogP contribution in [-0.2, 0) is 5.41 Å². The standard InChI is InChI=1S/C51H34S/c1-51(2)44-23-13-12-17-35(44)42-30-46-43(28-45(42)51)50-36-18-7-6-16-34(36)41(29-47(50)52-46)31-24-26-33(27-25-31)49-39-21-10-8-19-37(39)48(32-14-4-3-5-15-32)38-20-9-11-22-40(38)49/h3-30H,1-2H3. The predicted molar refractivity (Wildman–Crippen MR) is 226 cm³/mol. The first kappa shape index (κ1) is 29.7. The molecule has 0 nitrogen and oxygen atoms in total. The monoisotopic (exact) mass is 678 g/mol. The van der Waals surface area contributed by atoms with Crippen LogP contribution in [0.4, 0.5) is 0 Å². The van der Waals surface area contributed by atoms with E-state index < -0.39 is 0 Å². The van der Waals surface area contributed by atoms with Gasteiger partial charge in [-0.05, 0) is 106 Å². The van der Waals surface area contributed by atoms with Crippen LogP contribution in [0.5, 0.6) is 0 Å². The summed E-state index contributed by atoms with van der Waals surface area (Å²) in [5.41, 5.74) is 13.2. The zero-order chi connectivity index (χ0) is 34.6. The van der Waals surface area contributed by atoms with Crippen molar-refractivity contribution in [3.63, 3.8) is 0 Å². The van der Waals surface area contributed by atoms with E-state index in [4.69, 9.17) is 0 Å². The summed E-state index contributed by atoms with van der Waals surface area (Å²) in [6.45, 7) is 4.75. The third-order valence-corrected chi connectivity index (χ3v) is 12.8. The van der Waals surface area contributed by atoms with E-state index in [1.165, 1.54) is 108 Å². The molecule has 0 amide bonds. The highest BCUT2D eigenvalue weighted by atomic mass is 32.1. The second kappa shape index (κ2) is 11.0. The molecule has 52 heavy (non-hydrogen) atoms. The molecule has 0 aliphatic heterocycles. The van der Waals surface area contributed by atoms with Crippen molar-refractivity contribution in [3.05, 3.63) is 181 Å². The average Bonchev–Trinajstić information content (AvgIpc) is 3.67. The van der Waals surface area contributed by atoms with Crippen molar-refractivity contribution in [2.75, 3.05) is 0 Å². The lowest BCUT2D eigenvalue weighted by Gasteiger charge is -2.21. The van der Waals surface area contributed by atoms with Crippen LogP contribution in [-0.4, -0.2) is 0 Å². The quantitative estimate of drug-likeness (QED) is 0.163. The molecule has 0 atom stereocenters. The minimum absolute atomic E-state index is 0.0234. The largest absolute Gasteiger partial charge is 0.135 e. The lowest BCUT2D eigenvalue weighted by molar-refractivity contribution is 0.661. The molecule has 0 fully saturated rings.